The molecular formula is C24H21NO3. The molecule has 0 aliphatic carbocycles. The van der Waals surface area contributed by atoms with Gasteiger partial charge >= 0.3 is 5.97 Å². The quantitative estimate of drug-likeness (QED) is 0.497. The molecule has 0 radical (unpaired) electrons. The first-order valence-electron chi connectivity index (χ1n) is 9.34. The van der Waals surface area contributed by atoms with Gasteiger partial charge in [-0.1, -0.05) is 60.2 Å². The predicted molar refractivity (Wildman–Crippen MR) is 109 cm³/mol. The van der Waals surface area contributed by atoms with Crippen LogP contribution in [0.15, 0.2) is 78.9 Å². The second-order valence-electron chi connectivity index (χ2n) is 7.05. The van der Waals surface area contributed by atoms with Crippen LogP contribution >= 0.6 is 0 Å². The van der Waals surface area contributed by atoms with Crippen molar-refractivity contribution in [3.05, 3.63) is 84.4 Å². The monoisotopic (exact) mass is 371 g/mol. The number of hydrogen-bond acceptors (Lipinski definition) is 3. The molecule has 1 aliphatic rings. The highest BCUT2D eigenvalue weighted by Crippen LogP contribution is 2.27. The van der Waals surface area contributed by atoms with Gasteiger partial charge in [0.2, 0.25) is 5.91 Å². The Balaban J connectivity index is 1.41. The van der Waals surface area contributed by atoms with E-state index in [1.165, 1.54) is 0 Å². The number of benzene rings is 3. The highest BCUT2D eigenvalue weighted by Gasteiger charge is 2.36. The Labute approximate surface area is 164 Å². The number of aryl methyl sites for hydroxylation is 1. The molecule has 4 nitrogen and oxygen atoms in total. The van der Waals surface area contributed by atoms with E-state index in [2.05, 4.69) is 0 Å². The van der Waals surface area contributed by atoms with Crippen molar-refractivity contribution in [1.29, 1.82) is 0 Å². The Morgan fingerprint density at radius 2 is 1.54 bits per heavy atom. The summed E-state index contributed by atoms with van der Waals surface area (Å²) in [5.41, 5.74) is 4.11. The number of anilines is 1. The third kappa shape index (κ3) is 3.81. The van der Waals surface area contributed by atoms with E-state index < -0.39 is 5.92 Å². The Morgan fingerprint density at radius 1 is 0.893 bits per heavy atom. The summed E-state index contributed by atoms with van der Waals surface area (Å²) in [4.78, 5) is 26.5. The molecular weight excluding hydrogens is 350 g/mol. The van der Waals surface area contributed by atoms with Gasteiger partial charge in [-0.05, 0) is 42.3 Å². The average molecular weight is 371 g/mol. The number of amides is 1. The third-order valence-electron chi connectivity index (χ3n) is 4.98. The molecule has 0 bridgehead atoms. The van der Waals surface area contributed by atoms with E-state index in [1.807, 2.05) is 73.7 Å². The molecule has 28 heavy (non-hydrogen) atoms. The van der Waals surface area contributed by atoms with Crippen LogP contribution in [-0.4, -0.2) is 18.4 Å². The molecule has 4 rings (SSSR count). The van der Waals surface area contributed by atoms with Crippen molar-refractivity contribution in [2.24, 2.45) is 5.92 Å². The van der Waals surface area contributed by atoms with Crippen molar-refractivity contribution in [3.63, 3.8) is 0 Å². The standard InChI is InChI=1S/C24H21NO3/c1-17-7-11-21(12-8-17)25-16-20(15-23(25)26)24(27)28-22-13-9-19(10-14-22)18-5-3-2-4-6-18/h2-14,20H,15-16H2,1H3/t20-/m0/s1. The molecule has 3 aromatic carbocycles. The molecule has 4 heteroatoms. The van der Waals surface area contributed by atoms with E-state index in [0.29, 0.717) is 12.3 Å². The lowest BCUT2D eigenvalue weighted by Gasteiger charge is -2.16. The predicted octanol–water partition coefficient (Wildman–Crippen LogP) is 4.62. The van der Waals surface area contributed by atoms with E-state index in [-0.39, 0.29) is 18.3 Å². The van der Waals surface area contributed by atoms with Gasteiger partial charge < -0.3 is 9.64 Å². The molecule has 0 unspecified atom stereocenters. The van der Waals surface area contributed by atoms with Crippen LogP contribution in [0.3, 0.4) is 0 Å². The largest absolute Gasteiger partial charge is 0.426 e. The molecule has 0 spiro atoms. The molecule has 1 amide bonds. The average Bonchev–Trinajstić information content (AvgIpc) is 3.12. The minimum Gasteiger partial charge on any atom is -0.426 e. The summed E-state index contributed by atoms with van der Waals surface area (Å²) in [5, 5.41) is 0. The van der Waals surface area contributed by atoms with Crippen LogP contribution in [0.25, 0.3) is 11.1 Å². The minimum atomic E-state index is -0.456. The Bertz CT molecular complexity index is 979. The van der Waals surface area contributed by atoms with Crippen LogP contribution < -0.4 is 9.64 Å². The minimum absolute atomic E-state index is 0.0507. The number of rotatable bonds is 4. The lowest BCUT2D eigenvalue weighted by atomic mass is 10.1. The molecule has 1 heterocycles. The summed E-state index contributed by atoms with van der Waals surface area (Å²) < 4.78 is 5.52. The maximum Gasteiger partial charge on any atom is 0.316 e. The smallest absolute Gasteiger partial charge is 0.316 e. The second-order valence-corrected chi connectivity index (χ2v) is 7.05. The van der Waals surface area contributed by atoms with Crippen LogP contribution in [0.5, 0.6) is 5.75 Å². The van der Waals surface area contributed by atoms with Crippen molar-refractivity contribution >= 4 is 17.6 Å². The van der Waals surface area contributed by atoms with Gasteiger partial charge in [0.15, 0.2) is 0 Å². The highest BCUT2D eigenvalue weighted by molar-refractivity contribution is 5.99. The molecule has 140 valence electrons. The lowest BCUT2D eigenvalue weighted by Crippen LogP contribution is -2.27. The van der Waals surface area contributed by atoms with Gasteiger partial charge in [-0.15, -0.1) is 0 Å². The van der Waals surface area contributed by atoms with Gasteiger partial charge in [0, 0.05) is 18.7 Å². The van der Waals surface area contributed by atoms with E-state index in [9.17, 15) is 9.59 Å². The molecule has 1 saturated heterocycles. The summed E-state index contributed by atoms with van der Waals surface area (Å²) in [7, 11) is 0. The molecule has 1 aliphatic heterocycles. The summed E-state index contributed by atoms with van der Waals surface area (Å²) in [5.74, 6) is -0.380. The van der Waals surface area contributed by atoms with Crippen molar-refractivity contribution in [1.82, 2.24) is 0 Å². The molecule has 0 saturated carbocycles. The van der Waals surface area contributed by atoms with Gasteiger partial charge in [-0.3, -0.25) is 9.59 Å². The first kappa shape index (κ1) is 18.0. The zero-order valence-corrected chi connectivity index (χ0v) is 15.7. The van der Waals surface area contributed by atoms with Crippen LogP contribution in [0.4, 0.5) is 5.69 Å². The second kappa shape index (κ2) is 7.69. The summed E-state index contributed by atoms with van der Waals surface area (Å²) in [6.07, 6.45) is 0.175. The van der Waals surface area contributed by atoms with Crippen molar-refractivity contribution < 1.29 is 14.3 Å². The first-order valence-corrected chi connectivity index (χ1v) is 9.34. The number of ether oxygens (including phenoxy) is 1. The van der Waals surface area contributed by atoms with E-state index in [0.717, 1.165) is 22.4 Å². The molecule has 3 aromatic rings. The van der Waals surface area contributed by atoms with Crippen LogP contribution in [-0.2, 0) is 9.59 Å². The Morgan fingerprint density at radius 3 is 2.21 bits per heavy atom. The maximum atomic E-state index is 12.5. The van der Waals surface area contributed by atoms with Gasteiger partial charge in [0.1, 0.15) is 5.75 Å². The van der Waals surface area contributed by atoms with Crippen LogP contribution in [0, 0.1) is 12.8 Å². The summed E-state index contributed by atoms with van der Waals surface area (Å²) in [6, 6.07) is 25.2. The number of carbonyl (C=O) groups excluding carboxylic acids is 2. The zero-order valence-electron chi connectivity index (χ0n) is 15.7. The Kier molecular flexibility index (Phi) is 4.94. The molecule has 1 atom stereocenters. The van der Waals surface area contributed by atoms with Crippen molar-refractivity contribution in [2.75, 3.05) is 11.4 Å². The third-order valence-corrected chi connectivity index (χ3v) is 4.98. The number of hydrogen-bond donors (Lipinski definition) is 0. The number of esters is 1. The molecule has 0 N–H and O–H groups in total. The topological polar surface area (TPSA) is 46.6 Å². The van der Waals surface area contributed by atoms with Crippen LogP contribution in [0.2, 0.25) is 0 Å². The normalized spacial score (nSPS) is 16.2. The maximum absolute atomic E-state index is 12.5. The fourth-order valence-electron chi connectivity index (χ4n) is 3.39. The number of carbonyl (C=O) groups is 2. The summed E-state index contributed by atoms with van der Waals surface area (Å²) >= 11 is 0. The van der Waals surface area contributed by atoms with E-state index >= 15 is 0 Å². The SMILES string of the molecule is Cc1ccc(N2C[C@@H](C(=O)Oc3ccc(-c4ccccc4)cc3)CC2=O)cc1. The van der Waals surface area contributed by atoms with Gasteiger partial charge in [-0.2, -0.15) is 0 Å². The number of nitrogens with zero attached hydrogens (tertiary/aromatic N) is 1. The Hall–Kier alpha value is -3.40. The van der Waals surface area contributed by atoms with Gasteiger partial charge in [-0.25, -0.2) is 0 Å². The van der Waals surface area contributed by atoms with Gasteiger partial charge in [0.25, 0.3) is 0 Å². The van der Waals surface area contributed by atoms with E-state index in [1.54, 1.807) is 17.0 Å². The van der Waals surface area contributed by atoms with E-state index in [4.69, 9.17) is 4.74 Å². The summed E-state index contributed by atoms with van der Waals surface area (Å²) in [6.45, 7) is 2.35. The van der Waals surface area contributed by atoms with Crippen molar-refractivity contribution in [3.8, 4) is 16.9 Å². The molecule has 0 aromatic heterocycles. The highest BCUT2D eigenvalue weighted by atomic mass is 16.5. The lowest BCUT2D eigenvalue weighted by molar-refractivity contribution is -0.139. The zero-order chi connectivity index (χ0) is 19.5. The fourth-order valence-corrected chi connectivity index (χ4v) is 3.39. The van der Waals surface area contributed by atoms with Gasteiger partial charge in [0.05, 0.1) is 5.92 Å². The van der Waals surface area contributed by atoms with Crippen LogP contribution in [0.1, 0.15) is 12.0 Å². The molecule has 1 fully saturated rings. The van der Waals surface area contributed by atoms with Crippen molar-refractivity contribution in [2.45, 2.75) is 13.3 Å². The fraction of sp³-hybridized carbons (Fsp3) is 0.167. The first-order chi connectivity index (χ1) is 13.6.